The van der Waals surface area contributed by atoms with E-state index in [4.69, 9.17) is 4.52 Å². The number of hydrogen-bond acceptors (Lipinski definition) is 5. The Morgan fingerprint density at radius 1 is 0.971 bits per heavy atom. The van der Waals surface area contributed by atoms with Gasteiger partial charge in [0, 0.05) is 35.6 Å². The van der Waals surface area contributed by atoms with E-state index in [9.17, 15) is 9.18 Å². The number of pyridine rings is 2. The summed E-state index contributed by atoms with van der Waals surface area (Å²) < 4.78 is 22.0. The molecule has 0 saturated carbocycles. The minimum absolute atomic E-state index is 0.0413. The highest BCUT2D eigenvalue weighted by Gasteiger charge is 2.20. The lowest BCUT2D eigenvalue weighted by molar-refractivity contribution is 0.261. The second kappa shape index (κ2) is 8.68. The van der Waals surface area contributed by atoms with Crippen LogP contribution >= 0.6 is 0 Å². The Labute approximate surface area is 200 Å². The standard InChI is InChI=1S/C26H23FN6O2/c1-26(2,3)22-14-23(32-35-22)31-25(34)30-20-5-4-18(12-19(20)27)21-15-29-24-13-17(8-11-33(21)24)16-6-9-28-10-7-16/h4-15H,1-3H3,(H2,30,31,32,34). The Bertz CT molecular complexity index is 1520. The van der Waals surface area contributed by atoms with Crippen molar-refractivity contribution in [3.05, 3.63) is 84.9 Å². The van der Waals surface area contributed by atoms with Crippen LogP contribution in [0.1, 0.15) is 26.5 Å². The molecular weight excluding hydrogens is 447 g/mol. The average molecular weight is 471 g/mol. The van der Waals surface area contributed by atoms with Crippen molar-refractivity contribution in [3.8, 4) is 22.4 Å². The number of urea groups is 1. The zero-order valence-electron chi connectivity index (χ0n) is 19.4. The third-order valence-electron chi connectivity index (χ3n) is 5.53. The molecule has 0 aliphatic rings. The number of fused-ring (bicyclic) bond motifs is 1. The summed E-state index contributed by atoms with van der Waals surface area (Å²) in [5.41, 5.74) is 3.93. The van der Waals surface area contributed by atoms with Gasteiger partial charge in [0.2, 0.25) is 0 Å². The molecule has 0 radical (unpaired) electrons. The number of rotatable bonds is 4. The number of carbonyl (C=O) groups excluding carboxylic acids is 1. The van der Waals surface area contributed by atoms with Gasteiger partial charge >= 0.3 is 6.03 Å². The maximum absolute atomic E-state index is 14.9. The maximum Gasteiger partial charge on any atom is 0.325 e. The molecule has 5 aromatic rings. The molecule has 5 rings (SSSR count). The van der Waals surface area contributed by atoms with Crippen molar-refractivity contribution in [2.45, 2.75) is 26.2 Å². The Balaban J connectivity index is 1.33. The summed E-state index contributed by atoms with van der Waals surface area (Å²) in [6, 6.07) is 13.4. The maximum atomic E-state index is 14.9. The second-order valence-corrected chi connectivity index (χ2v) is 9.12. The summed E-state index contributed by atoms with van der Waals surface area (Å²) in [5, 5.41) is 8.90. The second-order valence-electron chi connectivity index (χ2n) is 9.12. The van der Waals surface area contributed by atoms with Gasteiger partial charge in [0.1, 0.15) is 17.2 Å². The molecule has 35 heavy (non-hydrogen) atoms. The summed E-state index contributed by atoms with van der Waals surface area (Å²) in [5.74, 6) is 0.308. The van der Waals surface area contributed by atoms with E-state index in [-0.39, 0.29) is 16.9 Å². The fourth-order valence-corrected chi connectivity index (χ4v) is 3.65. The van der Waals surface area contributed by atoms with Gasteiger partial charge in [-0.25, -0.2) is 14.2 Å². The molecular formula is C26H23FN6O2. The van der Waals surface area contributed by atoms with E-state index in [1.807, 2.05) is 55.6 Å². The highest BCUT2D eigenvalue weighted by Crippen LogP contribution is 2.28. The SMILES string of the molecule is CC(C)(C)c1cc(NC(=O)Nc2ccc(-c3cnc4cc(-c5ccncc5)ccn34)cc2F)no1. The van der Waals surface area contributed by atoms with Crippen molar-refractivity contribution in [1.82, 2.24) is 19.5 Å². The molecule has 4 heterocycles. The summed E-state index contributed by atoms with van der Waals surface area (Å²) in [6.45, 7) is 5.91. The third kappa shape index (κ3) is 4.61. The number of hydrogen-bond donors (Lipinski definition) is 2. The van der Waals surface area contributed by atoms with Crippen molar-refractivity contribution >= 4 is 23.2 Å². The van der Waals surface area contributed by atoms with Crippen LogP contribution in [-0.2, 0) is 5.41 Å². The molecule has 4 aromatic heterocycles. The van der Waals surface area contributed by atoms with E-state index >= 15 is 0 Å². The zero-order valence-corrected chi connectivity index (χ0v) is 19.4. The first-order chi connectivity index (χ1) is 16.8. The van der Waals surface area contributed by atoms with Crippen LogP contribution in [0.2, 0.25) is 0 Å². The number of nitrogens with zero attached hydrogens (tertiary/aromatic N) is 4. The monoisotopic (exact) mass is 470 g/mol. The van der Waals surface area contributed by atoms with Crippen molar-refractivity contribution in [2.75, 3.05) is 10.6 Å². The Morgan fingerprint density at radius 2 is 1.77 bits per heavy atom. The van der Waals surface area contributed by atoms with E-state index in [0.29, 0.717) is 11.3 Å². The van der Waals surface area contributed by atoms with E-state index in [1.54, 1.807) is 30.7 Å². The van der Waals surface area contributed by atoms with Gasteiger partial charge in [0.05, 0.1) is 17.6 Å². The molecule has 0 aliphatic heterocycles. The lowest BCUT2D eigenvalue weighted by Crippen LogP contribution is -2.20. The van der Waals surface area contributed by atoms with Gasteiger partial charge in [-0.2, -0.15) is 0 Å². The van der Waals surface area contributed by atoms with E-state index in [2.05, 4.69) is 25.8 Å². The van der Waals surface area contributed by atoms with Crippen molar-refractivity contribution in [1.29, 1.82) is 0 Å². The lowest BCUT2D eigenvalue weighted by atomic mass is 9.93. The summed E-state index contributed by atoms with van der Waals surface area (Å²) in [6.07, 6.45) is 7.07. The molecule has 0 atom stereocenters. The molecule has 0 aliphatic carbocycles. The van der Waals surface area contributed by atoms with Gasteiger partial charge in [-0.3, -0.25) is 14.7 Å². The van der Waals surface area contributed by atoms with Crippen LogP contribution in [0.15, 0.2) is 77.8 Å². The largest absolute Gasteiger partial charge is 0.359 e. The number of amides is 2. The summed E-state index contributed by atoms with van der Waals surface area (Å²) in [7, 11) is 0. The molecule has 0 fully saturated rings. The Morgan fingerprint density at radius 3 is 2.49 bits per heavy atom. The van der Waals surface area contributed by atoms with Gasteiger partial charge in [0.15, 0.2) is 5.82 Å². The predicted octanol–water partition coefficient (Wildman–Crippen LogP) is 6.13. The van der Waals surface area contributed by atoms with Crippen molar-refractivity contribution in [3.63, 3.8) is 0 Å². The molecule has 176 valence electrons. The summed E-state index contributed by atoms with van der Waals surface area (Å²) >= 11 is 0. The molecule has 2 N–H and O–H groups in total. The van der Waals surface area contributed by atoms with Crippen LogP contribution in [0.3, 0.4) is 0 Å². The fourth-order valence-electron chi connectivity index (χ4n) is 3.65. The van der Waals surface area contributed by atoms with Gasteiger partial charge in [0.25, 0.3) is 0 Å². The van der Waals surface area contributed by atoms with Crippen LogP contribution < -0.4 is 10.6 Å². The minimum atomic E-state index is -0.621. The molecule has 0 spiro atoms. The van der Waals surface area contributed by atoms with Gasteiger partial charge in [-0.1, -0.05) is 32.0 Å². The number of aromatic nitrogens is 4. The van der Waals surface area contributed by atoms with E-state index in [1.165, 1.54) is 12.1 Å². The lowest BCUT2D eigenvalue weighted by Gasteiger charge is -2.12. The molecule has 0 unspecified atom stereocenters. The Hall–Kier alpha value is -4.53. The molecule has 9 heteroatoms. The first-order valence-electron chi connectivity index (χ1n) is 11.0. The quantitative estimate of drug-likeness (QED) is 0.329. The first-order valence-corrected chi connectivity index (χ1v) is 11.0. The molecule has 8 nitrogen and oxygen atoms in total. The molecule has 0 bridgehead atoms. The third-order valence-corrected chi connectivity index (χ3v) is 5.53. The molecule has 2 amide bonds. The number of imidazole rings is 1. The molecule has 0 saturated heterocycles. The Kier molecular flexibility index (Phi) is 5.52. The normalized spacial score (nSPS) is 11.5. The molecule has 1 aromatic carbocycles. The summed E-state index contributed by atoms with van der Waals surface area (Å²) in [4.78, 5) is 20.9. The predicted molar refractivity (Wildman–Crippen MR) is 132 cm³/mol. The minimum Gasteiger partial charge on any atom is -0.359 e. The van der Waals surface area contributed by atoms with Crippen LogP contribution in [0.25, 0.3) is 28.0 Å². The smallest absolute Gasteiger partial charge is 0.325 e. The van der Waals surface area contributed by atoms with Crippen LogP contribution in [0.4, 0.5) is 20.7 Å². The van der Waals surface area contributed by atoms with Crippen LogP contribution in [0.5, 0.6) is 0 Å². The number of nitrogens with one attached hydrogen (secondary N) is 2. The average Bonchev–Trinajstić information content (AvgIpc) is 3.48. The van der Waals surface area contributed by atoms with Crippen molar-refractivity contribution in [2.24, 2.45) is 0 Å². The van der Waals surface area contributed by atoms with Crippen LogP contribution in [0, 0.1) is 5.82 Å². The van der Waals surface area contributed by atoms with E-state index in [0.717, 1.165) is 22.5 Å². The van der Waals surface area contributed by atoms with E-state index < -0.39 is 11.8 Å². The highest BCUT2D eigenvalue weighted by atomic mass is 19.1. The number of halogens is 1. The zero-order chi connectivity index (χ0) is 24.6. The first kappa shape index (κ1) is 22.3. The topological polar surface area (TPSA) is 97.3 Å². The number of carbonyl (C=O) groups is 1. The van der Waals surface area contributed by atoms with Gasteiger partial charge in [-0.15, -0.1) is 0 Å². The van der Waals surface area contributed by atoms with Crippen molar-refractivity contribution < 1.29 is 13.7 Å². The highest BCUT2D eigenvalue weighted by molar-refractivity contribution is 5.99. The van der Waals surface area contributed by atoms with Gasteiger partial charge in [-0.05, 0) is 47.5 Å². The van der Waals surface area contributed by atoms with Crippen LogP contribution in [-0.4, -0.2) is 25.6 Å². The fraction of sp³-hybridized carbons (Fsp3) is 0.154. The van der Waals surface area contributed by atoms with Gasteiger partial charge < -0.3 is 9.84 Å². The number of benzene rings is 1. The number of anilines is 2.